The second-order valence-electron chi connectivity index (χ2n) is 7.13. The summed E-state index contributed by atoms with van der Waals surface area (Å²) in [7, 11) is 1.49. The van der Waals surface area contributed by atoms with Crippen molar-refractivity contribution in [3.63, 3.8) is 0 Å². The molecule has 2 rings (SSSR count). The van der Waals surface area contributed by atoms with Crippen molar-refractivity contribution in [2.45, 2.75) is 39.8 Å². The zero-order chi connectivity index (χ0) is 21.6. The first-order valence-corrected chi connectivity index (χ1v) is 10.3. The molecular weight excluding hydrogens is 461 g/mol. The molecule has 4 N–H and O–H groups in total. The highest BCUT2D eigenvalue weighted by molar-refractivity contribution is 7.14. The summed E-state index contributed by atoms with van der Waals surface area (Å²) >= 11 is 1.19. The number of nitrogens with two attached hydrogens (primary N) is 1. The van der Waals surface area contributed by atoms with Gasteiger partial charge in [-0.05, 0) is 45.9 Å². The van der Waals surface area contributed by atoms with Gasteiger partial charge in [-0.25, -0.2) is 4.98 Å². The van der Waals surface area contributed by atoms with Gasteiger partial charge in [-0.2, -0.15) is 0 Å². The third-order valence-electron chi connectivity index (χ3n) is 4.44. The minimum atomic E-state index is -0.353. The molecule has 0 bridgehead atoms. The van der Waals surface area contributed by atoms with Crippen molar-refractivity contribution in [3.05, 3.63) is 34.8 Å². The molecule has 0 spiro atoms. The highest BCUT2D eigenvalue weighted by Gasteiger charge is 2.16. The topological polar surface area (TPSA) is 110 Å². The Morgan fingerprint density at radius 3 is 2.39 bits per heavy atom. The number of aromatic nitrogens is 1. The Kier molecular flexibility index (Phi) is 12.5. The molecule has 0 aliphatic carbocycles. The van der Waals surface area contributed by atoms with Crippen LogP contribution in [0.15, 0.2) is 23.6 Å². The quantitative estimate of drug-likeness (QED) is 0.461. The summed E-state index contributed by atoms with van der Waals surface area (Å²) in [6.45, 7) is 9.82. The molecule has 1 aromatic carbocycles. The van der Waals surface area contributed by atoms with E-state index in [1.807, 2.05) is 0 Å². The van der Waals surface area contributed by atoms with Crippen LogP contribution in [0.3, 0.4) is 0 Å². The standard InChI is InChI=1S/C20H29N5O3S.2ClH/c1-12(2)25(13(3)4)9-8-22-19(27)16-11-29-20(23-16)24-18(26)14-6-7-15(21)17(10-14)28-5;;/h6-7,10-13H,8-9,21H2,1-5H3,(H,22,27)(H,23,24,26);2*1H. The number of benzene rings is 1. The highest BCUT2D eigenvalue weighted by atomic mass is 35.5. The number of nitrogens with zero attached hydrogens (tertiary/aromatic N) is 2. The van der Waals surface area contributed by atoms with Crippen LogP contribution in [0.1, 0.15) is 48.5 Å². The zero-order valence-electron chi connectivity index (χ0n) is 18.3. The van der Waals surface area contributed by atoms with Gasteiger partial charge in [-0.15, -0.1) is 36.2 Å². The number of rotatable bonds is 9. The number of amides is 2. The summed E-state index contributed by atoms with van der Waals surface area (Å²) in [6, 6.07) is 5.57. The fourth-order valence-electron chi connectivity index (χ4n) is 2.96. The number of halogens is 2. The number of nitrogen functional groups attached to an aromatic ring is 1. The maximum Gasteiger partial charge on any atom is 0.270 e. The maximum absolute atomic E-state index is 12.4. The minimum absolute atomic E-state index is 0. The molecule has 0 unspecified atom stereocenters. The lowest BCUT2D eigenvalue weighted by Crippen LogP contribution is -2.42. The average Bonchev–Trinajstić information content (AvgIpc) is 3.13. The molecule has 174 valence electrons. The average molecular weight is 492 g/mol. The van der Waals surface area contributed by atoms with Crippen LogP contribution < -0.4 is 21.1 Å². The van der Waals surface area contributed by atoms with E-state index in [0.717, 1.165) is 6.54 Å². The van der Waals surface area contributed by atoms with Crippen molar-refractivity contribution in [3.8, 4) is 5.75 Å². The number of thiazole rings is 1. The van der Waals surface area contributed by atoms with E-state index >= 15 is 0 Å². The van der Waals surface area contributed by atoms with Gasteiger partial charge in [-0.1, -0.05) is 0 Å². The van der Waals surface area contributed by atoms with Crippen LogP contribution in [0.5, 0.6) is 5.75 Å². The van der Waals surface area contributed by atoms with Gasteiger partial charge in [0.2, 0.25) is 0 Å². The largest absolute Gasteiger partial charge is 0.495 e. The molecule has 11 heteroatoms. The molecule has 0 atom stereocenters. The number of nitrogens with one attached hydrogen (secondary N) is 2. The Morgan fingerprint density at radius 1 is 1.16 bits per heavy atom. The summed E-state index contributed by atoms with van der Waals surface area (Å²) in [5, 5.41) is 7.54. The molecule has 31 heavy (non-hydrogen) atoms. The lowest BCUT2D eigenvalue weighted by molar-refractivity contribution is 0.0934. The number of ether oxygens (including phenoxy) is 1. The lowest BCUT2D eigenvalue weighted by atomic mass is 10.2. The lowest BCUT2D eigenvalue weighted by Gasteiger charge is -2.30. The number of anilines is 2. The van der Waals surface area contributed by atoms with Crippen molar-refractivity contribution in [1.29, 1.82) is 0 Å². The number of hydrogen-bond acceptors (Lipinski definition) is 7. The number of carbonyl (C=O) groups is 2. The fraction of sp³-hybridized carbons (Fsp3) is 0.450. The molecule has 2 aromatic rings. The van der Waals surface area contributed by atoms with Gasteiger partial charge in [0.15, 0.2) is 5.13 Å². The van der Waals surface area contributed by atoms with E-state index in [2.05, 4.69) is 48.2 Å². The van der Waals surface area contributed by atoms with Crippen LogP contribution in [0.4, 0.5) is 10.8 Å². The smallest absolute Gasteiger partial charge is 0.270 e. The summed E-state index contributed by atoms with van der Waals surface area (Å²) in [5.41, 5.74) is 6.88. The maximum atomic E-state index is 12.4. The Morgan fingerprint density at radius 2 is 1.81 bits per heavy atom. The molecule has 1 heterocycles. The van der Waals surface area contributed by atoms with E-state index in [-0.39, 0.29) is 42.3 Å². The third kappa shape index (κ3) is 8.17. The van der Waals surface area contributed by atoms with Crippen LogP contribution in [0, 0.1) is 0 Å². The molecule has 0 radical (unpaired) electrons. The van der Waals surface area contributed by atoms with E-state index in [1.54, 1.807) is 23.6 Å². The highest BCUT2D eigenvalue weighted by Crippen LogP contribution is 2.23. The van der Waals surface area contributed by atoms with Gasteiger partial charge in [-0.3, -0.25) is 19.8 Å². The molecule has 0 aliphatic heterocycles. The first-order valence-electron chi connectivity index (χ1n) is 9.47. The van der Waals surface area contributed by atoms with Crippen LogP contribution in [-0.4, -0.2) is 54.0 Å². The Hall–Kier alpha value is -2.07. The van der Waals surface area contributed by atoms with E-state index < -0.39 is 0 Å². The minimum Gasteiger partial charge on any atom is -0.495 e. The molecule has 8 nitrogen and oxygen atoms in total. The second-order valence-corrected chi connectivity index (χ2v) is 7.99. The molecule has 0 saturated heterocycles. The van der Waals surface area contributed by atoms with Crippen LogP contribution >= 0.6 is 36.2 Å². The van der Waals surface area contributed by atoms with Crippen molar-refractivity contribution in [2.24, 2.45) is 0 Å². The van der Waals surface area contributed by atoms with Gasteiger partial charge < -0.3 is 15.8 Å². The van der Waals surface area contributed by atoms with E-state index in [0.29, 0.717) is 40.8 Å². The number of methoxy groups -OCH3 is 1. The molecule has 0 aliphatic rings. The Labute approximate surface area is 199 Å². The summed E-state index contributed by atoms with van der Waals surface area (Å²) in [4.78, 5) is 31.2. The Balaban J connectivity index is 0.00000450. The Bertz CT molecular complexity index is 853. The van der Waals surface area contributed by atoms with Gasteiger partial charge in [0.05, 0.1) is 12.8 Å². The first-order chi connectivity index (χ1) is 13.7. The molecular formula is C20H31Cl2N5O3S. The van der Waals surface area contributed by atoms with Crippen molar-refractivity contribution in [2.75, 3.05) is 31.2 Å². The van der Waals surface area contributed by atoms with Crippen LogP contribution in [0.2, 0.25) is 0 Å². The summed E-state index contributed by atoms with van der Waals surface area (Å²) < 4.78 is 5.13. The van der Waals surface area contributed by atoms with Gasteiger partial charge >= 0.3 is 0 Å². The number of carbonyl (C=O) groups excluding carboxylic acids is 2. The number of hydrogen-bond donors (Lipinski definition) is 3. The van der Waals surface area contributed by atoms with E-state index in [1.165, 1.54) is 18.4 Å². The first kappa shape index (κ1) is 28.9. The monoisotopic (exact) mass is 491 g/mol. The third-order valence-corrected chi connectivity index (χ3v) is 5.19. The zero-order valence-corrected chi connectivity index (χ0v) is 20.7. The predicted octanol–water partition coefficient (Wildman–Crippen LogP) is 3.68. The van der Waals surface area contributed by atoms with E-state index in [9.17, 15) is 9.59 Å². The van der Waals surface area contributed by atoms with E-state index in [4.69, 9.17) is 10.5 Å². The van der Waals surface area contributed by atoms with Crippen molar-refractivity contribution in [1.82, 2.24) is 15.2 Å². The molecule has 0 saturated carbocycles. The SMILES string of the molecule is COc1cc(C(=O)Nc2nc(C(=O)NCCN(C(C)C)C(C)C)cs2)ccc1N.Cl.Cl. The van der Waals surface area contributed by atoms with Crippen LogP contribution in [0.25, 0.3) is 0 Å². The normalized spacial score (nSPS) is 10.5. The van der Waals surface area contributed by atoms with Gasteiger partial charge in [0.25, 0.3) is 11.8 Å². The fourth-order valence-corrected chi connectivity index (χ4v) is 3.64. The summed E-state index contributed by atoms with van der Waals surface area (Å²) in [6.07, 6.45) is 0. The molecule has 2 amide bonds. The van der Waals surface area contributed by atoms with Gasteiger partial charge in [0, 0.05) is 36.1 Å². The van der Waals surface area contributed by atoms with Crippen LogP contribution in [-0.2, 0) is 0 Å². The van der Waals surface area contributed by atoms with Crippen molar-refractivity contribution >= 4 is 58.8 Å². The van der Waals surface area contributed by atoms with Crippen molar-refractivity contribution < 1.29 is 14.3 Å². The van der Waals surface area contributed by atoms with Gasteiger partial charge in [0.1, 0.15) is 11.4 Å². The summed E-state index contributed by atoms with van der Waals surface area (Å²) in [5.74, 6) is -0.189. The molecule has 0 fully saturated rings. The second kappa shape index (κ2) is 13.4. The molecule has 1 aromatic heterocycles. The predicted molar refractivity (Wildman–Crippen MR) is 131 cm³/mol.